The van der Waals surface area contributed by atoms with Crippen LogP contribution in [0.2, 0.25) is 0 Å². The second-order valence-corrected chi connectivity index (χ2v) is 10.7. The topological polar surface area (TPSA) is 49.9 Å². The number of benzene rings is 1. The number of amides is 2. The average molecular weight is 495 g/mol. The van der Waals surface area contributed by atoms with E-state index >= 15 is 0 Å². The third-order valence-electron chi connectivity index (χ3n) is 4.66. The lowest BCUT2D eigenvalue weighted by Crippen LogP contribution is -2.47. The van der Waals surface area contributed by atoms with Gasteiger partial charge in [-0.2, -0.15) is 0 Å². The molecule has 1 saturated carbocycles. The SMILES string of the molecule is CCOc1cccc(N2CCC(N(C)C(=O)C3(Cl)CC3(Br)Br)C2=O)c1. The second-order valence-electron chi connectivity index (χ2n) is 6.32. The predicted octanol–water partition coefficient (Wildman–Crippen LogP) is 3.52. The minimum absolute atomic E-state index is 0.0971. The molecule has 1 aliphatic heterocycles. The van der Waals surface area contributed by atoms with Gasteiger partial charge in [0.15, 0.2) is 4.87 Å². The molecule has 136 valence electrons. The summed E-state index contributed by atoms with van der Waals surface area (Å²) < 4.78 is 4.91. The Hall–Kier alpha value is -0.790. The number of ether oxygens (including phenoxy) is 1. The number of anilines is 1. The molecular formula is C17H19Br2ClN2O3. The van der Waals surface area contributed by atoms with E-state index in [2.05, 4.69) is 31.9 Å². The Bertz CT molecular complexity index is 715. The molecule has 0 aromatic heterocycles. The van der Waals surface area contributed by atoms with Crippen molar-refractivity contribution in [2.75, 3.05) is 25.1 Å². The number of carbonyl (C=O) groups is 2. The summed E-state index contributed by atoms with van der Waals surface area (Å²) in [5, 5.41) is 0. The van der Waals surface area contributed by atoms with E-state index in [4.69, 9.17) is 16.3 Å². The lowest BCUT2D eigenvalue weighted by atomic mass is 10.2. The lowest BCUT2D eigenvalue weighted by Gasteiger charge is -2.26. The van der Waals surface area contributed by atoms with Gasteiger partial charge in [0.05, 0.1) is 6.61 Å². The molecule has 2 unspecified atom stereocenters. The molecule has 1 aromatic carbocycles. The number of hydrogen-bond donors (Lipinski definition) is 0. The summed E-state index contributed by atoms with van der Waals surface area (Å²) in [7, 11) is 1.64. The molecule has 25 heavy (non-hydrogen) atoms. The molecule has 2 amide bonds. The van der Waals surface area contributed by atoms with Gasteiger partial charge >= 0.3 is 0 Å². The van der Waals surface area contributed by atoms with Crippen LogP contribution in [-0.2, 0) is 9.59 Å². The van der Waals surface area contributed by atoms with Gasteiger partial charge in [0.1, 0.15) is 15.0 Å². The first-order valence-corrected chi connectivity index (χ1v) is 10.1. The number of hydrogen-bond acceptors (Lipinski definition) is 3. The van der Waals surface area contributed by atoms with Gasteiger partial charge in [0.2, 0.25) is 11.8 Å². The van der Waals surface area contributed by atoms with E-state index in [9.17, 15) is 9.59 Å². The van der Waals surface area contributed by atoms with Gasteiger partial charge in [0, 0.05) is 31.8 Å². The van der Waals surface area contributed by atoms with Crippen LogP contribution in [0.3, 0.4) is 0 Å². The number of alkyl halides is 3. The van der Waals surface area contributed by atoms with Crippen molar-refractivity contribution in [2.45, 2.75) is 33.9 Å². The predicted molar refractivity (Wildman–Crippen MR) is 105 cm³/mol. The molecule has 2 fully saturated rings. The number of halogens is 3. The highest BCUT2D eigenvalue weighted by atomic mass is 79.9. The van der Waals surface area contributed by atoms with Crippen LogP contribution in [0.25, 0.3) is 0 Å². The van der Waals surface area contributed by atoms with E-state index in [1.165, 1.54) is 4.90 Å². The maximum atomic E-state index is 12.9. The molecule has 0 bridgehead atoms. The summed E-state index contributed by atoms with van der Waals surface area (Å²) in [6, 6.07) is 6.93. The molecule has 0 spiro atoms. The third kappa shape index (κ3) is 3.30. The van der Waals surface area contributed by atoms with Crippen molar-refractivity contribution in [3.63, 3.8) is 0 Å². The summed E-state index contributed by atoms with van der Waals surface area (Å²) >= 11 is 13.2. The van der Waals surface area contributed by atoms with Crippen LogP contribution in [-0.4, -0.2) is 51.1 Å². The fraction of sp³-hybridized carbons (Fsp3) is 0.529. The Morgan fingerprint density at radius 2 is 2.16 bits per heavy atom. The smallest absolute Gasteiger partial charge is 0.249 e. The van der Waals surface area contributed by atoms with Crippen molar-refractivity contribution in [3.05, 3.63) is 24.3 Å². The second kappa shape index (κ2) is 6.74. The highest BCUT2D eigenvalue weighted by molar-refractivity contribution is 9.25. The first kappa shape index (κ1) is 19.0. The van der Waals surface area contributed by atoms with E-state index in [0.29, 0.717) is 26.0 Å². The molecule has 1 heterocycles. The van der Waals surface area contributed by atoms with E-state index in [1.807, 2.05) is 31.2 Å². The lowest BCUT2D eigenvalue weighted by molar-refractivity contribution is -0.137. The van der Waals surface area contributed by atoms with Crippen molar-refractivity contribution in [2.24, 2.45) is 0 Å². The van der Waals surface area contributed by atoms with Gasteiger partial charge in [-0.25, -0.2) is 0 Å². The normalized spacial score (nSPS) is 27.3. The fourth-order valence-electron chi connectivity index (χ4n) is 3.10. The minimum atomic E-state index is -1.04. The quantitative estimate of drug-likeness (QED) is 0.589. The number of likely N-dealkylation sites (N-methyl/N-ethyl adjacent to an activating group) is 1. The number of nitrogens with zero attached hydrogens (tertiary/aromatic N) is 2. The summed E-state index contributed by atoms with van der Waals surface area (Å²) in [6.07, 6.45) is 1.05. The highest BCUT2D eigenvalue weighted by Gasteiger charge is 2.70. The zero-order valence-electron chi connectivity index (χ0n) is 14.0. The zero-order valence-corrected chi connectivity index (χ0v) is 17.9. The van der Waals surface area contributed by atoms with Gasteiger partial charge in [-0.05, 0) is 25.5 Å². The largest absolute Gasteiger partial charge is 0.494 e. The van der Waals surface area contributed by atoms with E-state index in [0.717, 1.165) is 11.4 Å². The van der Waals surface area contributed by atoms with E-state index in [-0.39, 0.29) is 11.8 Å². The molecule has 0 N–H and O–H groups in total. The summed E-state index contributed by atoms with van der Waals surface area (Å²) in [4.78, 5) is 27.7. The monoisotopic (exact) mass is 492 g/mol. The Morgan fingerprint density at radius 3 is 2.76 bits per heavy atom. The van der Waals surface area contributed by atoms with Crippen LogP contribution >= 0.6 is 43.5 Å². The summed E-state index contributed by atoms with van der Waals surface area (Å²) in [5.74, 6) is 0.382. The maximum Gasteiger partial charge on any atom is 0.249 e. The molecule has 5 nitrogen and oxygen atoms in total. The molecule has 0 radical (unpaired) electrons. The van der Waals surface area contributed by atoms with Crippen LogP contribution in [0.5, 0.6) is 5.75 Å². The first-order valence-electron chi connectivity index (χ1n) is 8.09. The Balaban J connectivity index is 1.74. The molecule has 2 atom stereocenters. The van der Waals surface area contributed by atoms with Gasteiger partial charge in [-0.15, -0.1) is 11.6 Å². The number of rotatable bonds is 5. The van der Waals surface area contributed by atoms with Crippen molar-refractivity contribution in [1.82, 2.24) is 4.90 Å². The molecular weight excluding hydrogens is 475 g/mol. The molecule has 8 heteroatoms. The van der Waals surface area contributed by atoms with E-state index in [1.54, 1.807) is 11.9 Å². The van der Waals surface area contributed by atoms with Crippen molar-refractivity contribution >= 4 is 61.0 Å². The highest BCUT2D eigenvalue weighted by Crippen LogP contribution is 2.64. The van der Waals surface area contributed by atoms with Crippen molar-refractivity contribution in [3.8, 4) is 5.75 Å². The van der Waals surface area contributed by atoms with Crippen LogP contribution < -0.4 is 9.64 Å². The van der Waals surface area contributed by atoms with Gasteiger partial charge in [-0.1, -0.05) is 37.9 Å². The van der Waals surface area contributed by atoms with Crippen molar-refractivity contribution in [1.29, 1.82) is 0 Å². The average Bonchev–Trinajstić information content (AvgIpc) is 2.90. The van der Waals surface area contributed by atoms with Gasteiger partial charge < -0.3 is 14.5 Å². The minimum Gasteiger partial charge on any atom is -0.494 e. The third-order valence-corrected chi connectivity index (χ3v) is 7.65. The van der Waals surface area contributed by atoms with Gasteiger partial charge in [0.25, 0.3) is 0 Å². The maximum absolute atomic E-state index is 12.9. The molecule has 2 aliphatic rings. The standard InChI is InChI=1S/C17H19Br2ClN2O3/c1-3-25-12-6-4-5-11(9-12)22-8-7-13(14(22)23)21(2)15(24)16(20)10-17(16,18)19/h4-6,9,13H,3,7-8,10H2,1-2H3. The first-order chi connectivity index (χ1) is 11.7. The molecule has 1 aliphatic carbocycles. The Kier molecular flexibility index (Phi) is 5.12. The molecule has 1 saturated heterocycles. The summed E-state index contributed by atoms with van der Waals surface area (Å²) in [5.41, 5.74) is 0.779. The van der Waals surface area contributed by atoms with Crippen LogP contribution in [0.15, 0.2) is 24.3 Å². The number of carbonyl (C=O) groups excluding carboxylic acids is 2. The van der Waals surface area contributed by atoms with Crippen LogP contribution in [0.1, 0.15) is 19.8 Å². The Morgan fingerprint density at radius 1 is 1.48 bits per heavy atom. The zero-order chi connectivity index (χ0) is 18.4. The van der Waals surface area contributed by atoms with Crippen molar-refractivity contribution < 1.29 is 14.3 Å². The Labute approximate surface area is 168 Å². The summed E-state index contributed by atoms with van der Waals surface area (Å²) in [6.45, 7) is 3.04. The van der Waals surface area contributed by atoms with Gasteiger partial charge in [-0.3, -0.25) is 9.59 Å². The van der Waals surface area contributed by atoms with Crippen LogP contribution in [0, 0.1) is 0 Å². The fourth-order valence-corrected chi connectivity index (χ4v) is 4.94. The molecule has 1 aromatic rings. The van der Waals surface area contributed by atoms with Crippen LogP contribution in [0.4, 0.5) is 5.69 Å². The van der Waals surface area contributed by atoms with E-state index < -0.39 is 14.1 Å². The molecule has 3 rings (SSSR count).